The molecule has 7 rings (SSSR count). The first-order valence-corrected chi connectivity index (χ1v) is 11.7. The summed E-state index contributed by atoms with van der Waals surface area (Å²) in [6.45, 7) is 2.52. The fourth-order valence-corrected chi connectivity index (χ4v) is 6.14. The molecule has 9 heteroatoms. The van der Waals surface area contributed by atoms with Crippen molar-refractivity contribution >= 4 is 39.6 Å². The maximum Gasteiger partial charge on any atom is 0.177 e. The zero-order chi connectivity index (χ0) is 22.9. The zero-order valence-electron chi connectivity index (χ0n) is 18.2. The maximum atomic E-state index is 6.66. The van der Waals surface area contributed by atoms with Crippen LogP contribution >= 0.6 is 11.6 Å². The number of nitrogens with one attached hydrogen (secondary N) is 1. The van der Waals surface area contributed by atoms with Crippen LogP contribution in [0.4, 0.5) is 5.82 Å². The Kier molecular flexibility index (Phi) is 4.19. The molecule has 2 aliphatic rings. The molecular formula is C25H21ClN8. The third-order valence-electron chi connectivity index (χ3n) is 7.60. The van der Waals surface area contributed by atoms with Crippen molar-refractivity contribution in [2.24, 2.45) is 17.6 Å². The Labute approximate surface area is 200 Å². The molecule has 168 valence electrons. The summed E-state index contributed by atoms with van der Waals surface area (Å²) in [5, 5.41) is 8.02. The molecule has 0 unspecified atom stereocenters. The van der Waals surface area contributed by atoms with Crippen LogP contribution in [0.3, 0.4) is 0 Å². The molecule has 0 bridgehead atoms. The summed E-state index contributed by atoms with van der Waals surface area (Å²) in [6.07, 6.45) is 5.10. The van der Waals surface area contributed by atoms with Crippen LogP contribution in [0.2, 0.25) is 5.02 Å². The zero-order valence-corrected chi connectivity index (χ0v) is 18.9. The minimum absolute atomic E-state index is 0.0895. The van der Waals surface area contributed by atoms with Crippen LogP contribution in [-0.2, 0) is 5.41 Å². The number of hydrogen-bond donors (Lipinski definition) is 2. The summed E-state index contributed by atoms with van der Waals surface area (Å²) in [5.41, 5.74) is 11.8. The molecule has 0 radical (unpaired) electrons. The van der Waals surface area contributed by atoms with Gasteiger partial charge in [-0.3, -0.25) is 15.1 Å². The molecule has 0 amide bonds. The van der Waals surface area contributed by atoms with Crippen molar-refractivity contribution < 1.29 is 0 Å². The van der Waals surface area contributed by atoms with E-state index < -0.39 is 0 Å². The topological polar surface area (TPSA) is 110 Å². The summed E-state index contributed by atoms with van der Waals surface area (Å²) in [5.74, 6) is 1.92. The molecule has 5 aromatic rings. The fourth-order valence-electron chi connectivity index (χ4n) is 5.84. The molecule has 1 saturated carbocycles. The molecule has 0 spiro atoms. The summed E-state index contributed by atoms with van der Waals surface area (Å²) < 4.78 is 0. The molecule has 3 atom stereocenters. The van der Waals surface area contributed by atoms with E-state index >= 15 is 0 Å². The lowest BCUT2D eigenvalue weighted by Gasteiger charge is -2.26. The highest BCUT2D eigenvalue weighted by atomic mass is 35.5. The highest BCUT2D eigenvalue weighted by Crippen LogP contribution is 2.63. The van der Waals surface area contributed by atoms with Crippen LogP contribution in [0, 0.1) is 11.8 Å². The number of aromatic nitrogens is 6. The Morgan fingerprint density at radius 2 is 1.79 bits per heavy atom. The molecule has 4 heterocycles. The molecule has 3 N–H and O–H groups in total. The number of nitrogens with two attached hydrogens (primary N) is 1. The predicted molar refractivity (Wildman–Crippen MR) is 132 cm³/mol. The van der Waals surface area contributed by atoms with E-state index in [1.54, 1.807) is 12.4 Å². The Morgan fingerprint density at radius 1 is 1.00 bits per heavy atom. The van der Waals surface area contributed by atoms with Crippen LogP contribution in [0.1, 0.15) is 5.56 Å². The van der Waals surface area contributed by atoms with Gasteiger partial charge in [0.15, 0.2) is 5.65 Å². The Balaban J connectivity index is 1.19. The van der Waals surface area contributed by atoms with E-state index in [9.17, 15) is 0 Å². The van der Waals surface area contributed by atoms with Gasteiger partial charge in [-0.05, 0) is 29.5 Å². The lowest BCUT2D eigenvalue weighted by molar-refractivity contribution is 0.553. The van der Waals surface area contributed by atoms with Gasteiger partial charge in [-0.2, -0.15) is 5.10 Å². The van der Waals surface area contributed by atoms with E-state index in [0.717, 1.165) is 30.0 Å². The van der Waals surface area contributed by atoms with Crippen LogP contribution in [0.5, 0.6) is 0 Å². The summed E-state index contributed by atoms with van der Waals surface area (Å²) in [6, 6.07) is 14.5. The van der Waals surface area contributed by atoms with Gasteiger partial charge in [0.25, 0.3) is 0 Å². The van der Waals surface area contributed by atoms with E-state index in [4.69, 9.17) is 27.3 Å². The van der Waals surface area contributed by atoms with Crippen molar-refractivity contribution in [2.75, 3.05) is 24.5 Å². The summed E-state index contributed by atoms with van der Waals surface area (Å²) in [7, 11) is 0. The van der Waals surface area contributed by atoms with Crippen molar-refractivity contribution in [1.82, 2.24) is 30.1 Å². The molecule has 34 heavy (non-hydrogen) atoms. The van der Waals surface area contributed by atoms with Crippen LogP contribution in [0.15, 0.2) is 61.1 Å². The molecule has 2 aromatic carbocycles. The number of hydrogen-bond acceptors (Lipinski definition) is 7. The second-order valence-corrected chi connectivity index (χ2v) is 9.46. The Bertz CT molecular complexity index is 1540. The first-order chi connectivity index (χ1) is 16.7. The molecule has 1 aliphatic carbocycles. The lowest BCUT2D eigenvalue weighted by atomic mass is 9.90. The number of fused-ring (bicyclic) bond motifs is 3. The minimum Gasteiger partial charge on any atom is -0.355 e. The van der Waals surface area contributed by atoms with Gasteiger partial charge in [-0.25, -0.2) is 9.97 Å². The van der Waals surface area contributed by atoms with Gasteiger partial charge in [0.2, 0.25) is 0 Å². The van der Waals surface area contributed by atoms with E-state index in [2.05, 4.69) is 55.4 Å². The van der Waals surface area contributed by atoms with E-state index in [1.807, 2.05) is 18.3 Å². The normalized spacial score (nSPS) is 23.5. The first-order valence-electron chi connectivity index (χ1n) is 11.3. The average molecular weight is 469 g/mol. The van der Waals surface area contributed by atoms with Crippen LogP contribution in [-0.4, -0.2) is 49.8 Å². The van der Waals surface area contributed by atoms with Gasteiger partial charge < -0.3 is 10.6 Å². The monoisotopic (exact) mass is 468 g/mol. The van der Waals surface area contributed by atoms with Gasteiger partial charge >= 0.3 is 0 Å². The number of nitrogens with zero attached hydrogens (tertiary/aromatic N) is 6. The lowest BCUT2D eigenvalue weighted by Crippen LogP contribution is -2.35. The highest BCUT2D eigenvalue weighted by molar-refractivity contribution is 6.37. The largest absolute Gasteiger partial charge is 0.355 e. The quantitative estimate of drug-likeness (QED) is 0.415. The van der Waals surface area contributed by atoms with E-state index in [0.29, 0.717) is 45.8 Å². The number of aromatic amines is 1. The number of H-pyrrole nitrogens is 1. The third-order valence-corrected chi connectivity index (χ3v) is 7.98. The van der Waals surface area contributed by atoms with Gasteiger partial charge in [0, 0.05) is 43.0 Å². The number of piperidine rings is 1. The smallest absolute Gasteiger partial charge is 0.177 e. The third kappa shape index (κ3) is 2.66. The molecule has 1 saturated heterocycles. The van der Waals surface area contributed by atoms with Crippen molar-refractivity contribution in [3.8, 4) is 11.3 Å². The highest BCUT2D eigenvalue weighted by Gasteiger charge is 2.68. The van der Waals surface area contributed by atoms with E-state index in [1.165, 1.54) is 5.56 Å². The number of rotatable bonds is 4. The van der Waals surface area contributed by atoms with Crippen LogP contribution < -0.4 is 10.6 Å². The maximum absolute atomic E-state index is 6.66. The summed E-state index contributed by atoms with van der Waals surface area (Å²) in [4.78, 5) is 20.5. The Morgan fingerprint density at radius 3 is 2.59 bits per heavy atom. The van der Waals surface area contributed by atoms with Gasteiger partial charge in [-0.1, -0.05) is 41.9 Å². The van der Waals surface area contributed by atoms with Gasteiger partial charge in [0.1, 0.15) is 22.5 Å². The van der Waals surface area contributed by atoms with Crippen molar-refractivity contribution in [2.45, 2.75) is 5.41 Å². The van der Waals surface area contributed by atoms with Crippen molar-refractivity contribution in [3.05, 3.63) is 71.6 Å². The molecule has 3 aromatic heterocycles. The van der Waals surface area contributed by atoms with Crippen molar-refractivity contribution in [3.63, 3.8) is 0 Å². The molecule has 2 fully saturated rings. The standard InChI is InChI=1S/C25H21ClN8/c26-20-15(6-7-18-22(20)29-9-8-28-18)21-23-24(33-32-21)31-19(10-30-23)34-11-16-17(12-34)25(16,13-27)14-4-2-1-3-5-14/h1-10,16-17H,11-13,27H2,(H,31,32,33)/t16-,17+,25-. The van der Waals surface area contributed by atoms with Crippen LogP contribution in [0.25, 0.3) is 33.5 Å². The Hall–Kier alpha value is -3.62. The fraction of sp³-hybridized carbons (Fsp3) is 0.240. The van der Waals surface area contributed by atoms with Gasteiger partial charge in [-0.15, -0.1) is 0 Å². The number of anilines is 1. The summed E-state index contributed by atoms with van der Waals surface area (Å²) >= 11 is 6.66. The number of benzene rings is 2. The predicted octanol–water partition coefficient (Wildman–Crippen LogP) is 3.58. The molecular weight excluding hydrogens is 448 g/mol. The number of halogens is 1. The first kappa shape index (κ1) is 19.8. The van der Waals surface area contributed by atoms with Gasteiger partial charge in [0.05, 0.1) is 16.7 Å². The average Bonchev–Trinajstić information content (AvgIpc) is 3.20. The second kappa shape index (κ2) is 7.19. The SMILES string of the molecule is NC[C@@]1(c2ccccc2)[C@@H]2CN(c3cnc4c(-c5ccc6nccnc6c5Cl)n[nH]c4n3)C[C@@H]21. The second-order valence-electron chi connectivity index (χ2n) is 9.08. The minimum atomic E-state index is 0.0895. The van der Waals surface area contributed by atoms with E-state index in [-0.39, 0.29) is 5.41 Å². The molecule has 1 aliphatic heterocycles. The molecule has 8 nitrogen and oxygen atoms in total. The van der Waals surface area contributed by atoms with Crippen molar-refractivity contribution in [1.29, 1.82) is 0 Å².